The van der Waals surface area contributed by atoms with E-state index in [9.17, 15) is 4.79 Å². The standard InChI is InChI=1S/C15H24N4O2/c1-11(2)13(9-16)15(20)18-12-3-4-14(17-10-12)19-5-7-21-8-6-19/h3-4,10-11,13H,5-9,16H2,1-2H3,(H,18,20). The summed E-state index contributed by atoms with van der Waals surface area (Å²) >= 11 is 0. The van der Waals surface area contributed by atoms with Gasteiger partial charge in [-0.25, -0.2) is 4.98 Å². The van der Waals surface area contributed by atoms with Gasteiger partial charge in [-0.15, -0.1) is 0 Å². The van der Waals surface area contributed by atoms with E-state index in [1.54, 1.807) is 6.20 Å². The van der Waals surface area contributed by atoms with Crippen LogP contribution in [0.2, 0.25) is 0 Å². The maximum absolute atomic E-state index is 12.1. The molecule has 1 amide bonds. The Morgan fingerprint density at radius 2 is 2.14 bits per heavy atom. The predicted molar refractivity (Wildman–Crippen MR) is 83.3 cm³/mol. The van der Waals surface area contributed by atoms with Crippen LogP contribution in [0.5, 0.6) is 0 Å². The number of nitrogens with two attached hydrogens (primary N) is 1. The maximum atomic E-state index is 12.1. The fourth-order valence-electron chi connectivity index (χ4n) is 2.36. The van der Waals surface area contributed by atoms with E-state index in [-0.39, 0.29) is 17.7 Å². The number of anilines is 2. The second-order valence-electron chi connectivity index (χ2n) is 5.58. The number of morpholine rings is 1. The van der Waals surface area contributed by atoms with E-state index in [0.29, 0.717) is 12.2 Å². The summed E-state index contributed by atoms with van der Waals surface area (Å²) in [5.41, 5.74) is 6.36. The zero-order chi connectivity index (χ0) is 15.2. The first-order valence-corrected chi connectivity index (χ1v) is 7.41. The summed E-state index contributed by atoms with van der Waals surface area (Å²) in [6.45, 7) is 7.50. The van der Waals surface area contributed by atoms with Crippen molar-refractivity contribution in [3.8, 4) is 0 Å². The highest BCUT2D eigenvalue weighted by Gasteiger charge is 2.20. The van der Waals surface area contributed by atoms with Gasteiger partial charge in [0.25, 0.3) is 0 Å². The summed E-state index contributed by atoms with van der Waals surface area (Å²) in [6.07, 6.45) is 1.69. The van der Waals surface area contributed by atoms with Crippen LogP contribution in [0.15, 0.2) is 18.3 Å². The first-order valence-electron chi connectivity index (χ1n) is 7.41. The first-order chi connectivity index (χ1) is 10.1. The van der Waals surface area contributed by atoms with Crippen LogP contribution in [-0.2, 0) is 9.53 Å². The van der Waals surface area contributed by atoms with Gasteiger partial charge in [-0.2, -0.15) is 0 Å². The molecular weight excluding hydrogens is 268 g/mol. The minimum absolute atomic E-state index is 0.0478. The zero-order valence-corrected chi connectivity index (χ0v) is 12.7. The van der Waals surface area contributed by atoms with Gasteiger partial charge in [0.05, 0.1) is 31.0 Å². The monoisotopic (exact) mass is 292 g/mol. The molecule has 6 heteroatoms. The van der Waals surface area contributed by atoms with Crippen LogP contribution in [0.4, 0.5) is 11.5 Å². The number of carbonyl (C=O) groups excluding carboxylic acids is 1. The summed E-state index contributed by atoms with van der Waals surface area (Å²) in [5.74, 6) is 0.906. The lowest BCUT2D eigenvalue weighted by atomic mass is 9.95. The Morgan fingerprint density at radius 3 is 2.67 bits per heavy atom. The van der Waals surface area contributed by atoms with Crippen LogP contribution in [0.25, 0.3) is 0 Å². The van der Waals surface area contributed by atoms with Crippen molar-refractivity contribution in [2.75, 3.05) is 43.1 Å². The van der Waals surface area contributed by atoms with Crippen molar-refractivity contribution in [1.29, 1.82) is 0 Å². The fourth-order valence-corrected chi connectivity index (χ4v) is 2.36. The summed E-state index contributed by atoms with van der Waals surface area (Å²) in [6, 6.07) is 3.80. The predicted octanol–water partition coefficient (Wildman–Crippen LogP) is 1.09. The summed E-state index contributed by atoms with van der Waals surface area (Å²) in [5, 5.41) is 2.88. The molecule has 1 aromatic rings. The molecule has 6 nitrogen and oxygen atoms in total. The third kappa shape index (κ3) is 4.15. The van der Waals surface area contributed by atoms with Crippen molar-refractivity contribution in [2.24, 2.45) is 17.6 Å². The van der Waals surface area contributed by atoms with Crippen molar-refractivity contribution >= 4 is 17.4 Å². The Bertz CT molecular complexity index is 455. The van der Waals surface area contributed by atoms with Crippen molar-refractivity contribution < 1.29 is 9.53 Å². The van der Waals surface area contributed by atoms with Crippen LogP contribution >= 0.6 is 0 Å². The van der Waals surface area contributed by atoms with Gasteiger partial charge in [-0.1, -0.05) is 13.8 Å². The Labute approximate surface area is 125 Å². The van der Waals surface area contributed by atoms with Crippen molar-refractivity contribution in [3.05, 3.63) is 18.3 Å². The number of hydrogen-bond donors (Lipinski definition) is 2. The van der Waals surface area contributed by atoms with Crippen molar-refractivity contribution in [1.82, 2.24) is 4.98 Å². The molecule has 0 radical (unpaired) electrons. The van der Waals surface area contributed by atoms with E-state index in [2.05, 4.69) is 15.2 Å². The third-order valence-electron chi connectivity index (χ3n) is 3.75. The van der Waals surface area contributed by atoms with E-state index >= 15 is 0 Å². The smallest absolute Gasteiger partial charge is 0.229 e. The van der Waals surface area contributed by atoms with Gasteiger partial charge in [0, 0.05) is 19.6 Å². The molecule has 0 saturated carbocycles. The Morgan fingerprint density at radius 1 is 1.43 bits per heavy atom. The molecular formula is C15H24N4O2. The molecule has 2 rings (SSSR count). The molecule has 0 bridgehead atoms. The quantitative estimate of drug-likeness (QED) is 0.849. The lowest BCUT2D eigenvalue weighted by Crippen LogP contribution is -2.36. The second-order valence-corrected chi connectivity index (χ2v) is 5.58. The van der Waals surface area contributed by atoms with E-state index in [4.69, 9.17) is 10.5 Å². The zero-order valence-electron chi connectivity index (χ0n) is 12.7. The molecule has 2 heterocycles. The van der Waals surface area contributed by atoms with E-state index in [1.165, 1.54) is 0 Å². The summed E-state index contributed by atoms with van der Waals surface area (Å²) in [4.78, 5) is 18.7. The molecule has 1 atom stereocenters. The maximum Gasteiger partial charge on any atom is 0.229 e. The van der Waals surface area contributed by atoms with Crippen molar-refractivity contribution in [3.63, 3.8) is 0 Å². The fraction of sp³-hybridized carbons (Fsp3) is 0.600. The van der Waals surface area contributed by atoms with Gasteiger partial charge >= 0.3 is 0 Å². The topological polar surface area (TPSA) is 80.5 Å². The molecule has 1 aliphatic heterocycles. The third-order valence-corrected chi connectivity index (χ3v) is 3.75. The van der Waals surface area contributed by atoms with E-state index in [0.717, 1.165) is 32.1 Å². The van der Waals surface area contributed by atoms with Gasteiger partial charge in [0.1, 0.15) is 5.82 Å². The number of rotatable bonds is 5. The normalized spacial score (nSPS) is 16.9. The minimum Gasteiger partial charge on any atom is -0.378 e. The van der Waals surface area contributed by atoms with Crippen LogP contribution in [-0.4, -0.2) is 43.7 Å². The van der Waals surface area contributed by atoms with E-state index in [1.807, 2.05) is 26.0 Å². The van der Waals surface area contributed by atoms with Crippen LogP contribution in [0.3, 0.4) is 0 Å². The van der Waals surface area contributed by atoms with Crippen LogP contribution in [0, 0.1) is 11.8 Å². The van der Waals surface area contributed by atoms with Gasteiger partial charge in [-0.3, -0.25) is 4.79 Å². The molecule has 3 N–H and O–H groups in total. The van der Waals surface area contributed by atoms with Crippen molar-refractivity contribution in [2.45, 2.75) is 13.8 Å². The minimum atomic E-state index is -0.177. The summed E-state index contributed by atoms with van der Waals surface area (Å²) < 4.78 is 5.32. The number of ether oxygens (including phenoxy) is 1. The molecule has 1 aromatic heterocycles. The molecule has 1 fully saturated rings. The molecule has 0 spiro atoms. The molecule has 0 aromatic carbocycles. The van der Waals surface area contributed by atoms with E-state index < -0.39 is 0 Å². The van der Waals surface area contributed by atoms with Gasteiger partial charge < -0.3 is 20.7 Å². The average molecular weight is 292 g/mol. The number of amides is 1. The van der Waals surface area contributed by atoms with Gasteiger partial charge in [-0.05, 0) is 18.1 Å². The molecule has 0 aliphatic carbocycles. The Kier molecular flexibility index (Phi) is 5.52. The lowest BCUT2D eigenvalue weighted by Gasteiger charge is -2.27. The Balaban J connectivity index is 1.97. The molecule has 21 heavy (non-hydrogen) atoms. The highest BCUT2D eigenvalue weighted by atomic mass is 16.5. The summed E-state index contributed by atoms with van der Waals surface area (Å²) in [7, 11) is 0. The largest absolute Gasteiger partial charge is 0.378 e. The number of nitrogens with zero attached hydrogens (tertiary/aromatic N) is 2. The number of pyridine rings is 1. The second kappa shape index (κ2) is 7.38. The number of hydrogen-bond acceptors (Lipinski definition) is 5. The molecule has 1 unspecified atom stereocenters. The van der Waals surface area contributed by atoms with Crippen LogP contribution in [0.1, 0.15) is 13.8 Å². The van der Waals surface area contributed by atoms with Gasteiger partial charge in [0.15, 0.2) is 0 Å². The molecule has 1 saturated heterocycles. The molecule has 116 valence electrons. The SMILES string of the molecule is CC(C)C(CN)C(=O)Nc1ccc(N2CCOCC2)nc1. The highest BCUT2D eigenvalue weighted by Crippen LogP contribution is 2.17. The van der Waals surface area contributed by atoms with Gasteiger partial charge in [0.2, 0.25) is 5.91 Å². The first kappa shape index (κ1) is 15.7. The number of nitrogens with one attached hydrogen (secondary N) is 1. The number of carbonyl (C=O) groups is 1. The molecule has 1 aliphatic rings. The lowest BCUT2D eigenvalue weighted by molar-refractivity contribution is -0.120. The Hall–Kier alpha value is -1.66. The van der Waals surface area contributed by atoms with Crippen LogP contribution < -0.4 is 16.0 Å². The average Bonchev–Trinajstić information content (AvgIpc) is 2.49. The highest BCUT2D eigenvalue weighted by molar-refractivity contribution is 5.92. The number of aromatic nitrogens is 1.